The first-order valence-electron chi connectivity index (χ1n) is 7.90. The molecular formula is C17H18BrN5O4. The van der Waals surface area contributed by atoms with Crippen LogP contribution >= 0.6 is 15.9 Å². The monoisotopic (exact) mass is 435 g/mol. The highest BCUT2D eigenvalue weighted by Gasteiger charge is 2.13. The summed E-state index contributed by atoms with van der Waals surface area (Å²) in [4.78, 5) is 44.8. The summed E-state index contributed by atoms with van der Waals surface area (Å²) in [5, 5.41) is 5.03. The van der Waals surface area contributed by atoms with Crippen LogP contribution in [0, 0.1) is 0 Å². The topological polar surface area (TPSA) is 114 Å². The largest absolute Gasteiger partial charge is 0.454 e. The van der Waals surface area contributed by atoms with Crippen molar-refractivity contribution in [2.45, 2.75) is 0 Å². The highest BCUT2D eigenvalue weighted by molar-refractivity contribution is 9.10. The Morgan fingerprint density at radius 3 is 2.52 bits per heavy atom. The molecule has 27 heavy (non-hydrogen) atoms. The van der Waals surface area contributed by atoms with Gasteiger partial charge in [-0.15, -0.1) is 0 Å². The minimum absolute atomic E-state index is 0.111. The number of para-hydroxylation sites is 1. The number of halogens is 1. The molecule has 0 fully saturated rings. The predicted molar refractivity (Wildman–Crippen MR) is 102 cm³/mol. The number of aromatic nitrogens is 2. The Morgan fingerprint density at radius 1 is 1.11 bits per heavy atom. The zero-order valence-corrected chi connectivity index (χ0v) is 16.1. The van der Waals surface area contributed by atoms with E-state index < -0.39 is 24.4 Å². The number of hydrogen-bond donors (Lipinski definition) is 2. The zero-order chi connectivity index (χ0) is 19.6. The maximum absolute atomic E-state index is 11.8. The molecule has 1 aromatic carbocycles. The van der Waals surface area contributed by atoms with Gasteiger partial charge in [-0.3, -0.25) is 14.4 Å². The SMILES string of the molecule is CN(CC(=O)OCC(=O)NCC(=O)Nc1ccccc1Br)c1ncccn1. The number of carbonyl (C=O) groups is 3. The molecule has 0 bridgehead atoms. The van der Waals surface area contributed by atoms with Crippen molar-refractivity contribution >= 4 is 45.3 Å². The summed E-state index contributed by atoms with van der Waals surface area (Å²) in [6.07, 6.45) is 3.10. The molecule has 2 rings (SSSR count). The zero-order valence-electron chi connectivity index (χ0n) is 14.5. The van der Waals surface area contributed by atoms with Gasteiger partial charge in [-0.1, -0.05) is 12.1 Å². The first-order chi connectivity index (χ1) is 13.0. The van der Waals surface area contributed by atoms with Crippen LogP contribution in [-0.4, -0.2) is 54.5 Å². The fourth-order valence-electron chi connectivity index (χ4n) is 1.93. The average molecular weight is 436 g/mol. The Labute approximate surface area is 164 Å². The summed E-state index contributed by atoms with van der Waals surface area (Å²) in [5.41, 5.74) is 0.592. The number of likely N-dealkylation sites (N-methyl/N-ethyl adjacent to an activating group) is 1. The summed E-state index contributed by atoms with van der Waals surface area (Å²) < 4.78 is 5.61. The van der Waals surface area contributed by atoms with E-state index in [0.717, 1.165) is 4.47 Å². The van der Waals surface area contributed by atoms with Crippen LogP contribution < -0.4 is 15.5 Å². The molecule has 2 aromatic rings. The normalized spacial score (nSPS) is 10.0. The van der Waals surface area contributed by atoms with Crippen molar-refractivity contribution in [2.75, 3.05) is 37.0 Å². The van der Waals surface area contributed by atoms with E-state index >= 15 is 0 Å². The van der Waals surface area contributed by atoms with E-state index in [1.165, 1.54) is 4.90 Å². The van der Waals surface area contributed by atoms with Crippen molar-refractivity contribution in [3.8, 4) is 0 Å². The summed E-state index contributed by atoms with van der Waals surface area (Å²) in [7, 11) is 1.63. The van der Waals surface area contributed by atoms with Gasteiger partial charge < -0.3 is 20.3 Å². The Hall–Kier alpha value is -3.01. The molecule has 0 aliphatic carbocycles. The fourth-order valence-corrected chi connectivity index (χ4v) is 2.32. The van der Waals surface area contributed by atoms with Crippen molar-refractivity contribution < 1.29 is 19.1 Å². The molecule has 0 spiro atoms. The molecule has 0 aliphatic heterocycles. The van der Waals surface area contributed by atoms with Crippen LogP contribution in [-0.2, 0) is 19.1 Å². The molecule has 9 nitrogen and oxygen atoms in total. The van der Waals surface area contributed by atoms with Gasteiger partial charge in [0.05, 0.1) is 12.2 Å². The number of nitrogens with zero attached hydrogens (tertiary/aromatic N) is 3. The minimum atomic E-state index is -0.613. The maximum Gasteiger partial charge on any atom is 0.326 e. The molecule has 2 N–H and O–H groups in total. The Bertz CT molecular complexity index is 803. The second kappa shape index (κ2) is 10.2. The van der Waals surface area contributed by atoms with Gasteiger partial charge in [-0.2, -0.15) is 0 Å². The number of carbonyl (C=O) groups excluding carboxylic acids is 3. The first kappa shape index (κ1) is 20.3. The number of nitrogens with one attached hydrogen (secondary N) is 2. The van der Waals surface area contributed by atoms with Crippen molar-refractivity contribution in [2.24, 2.45) is 0 Å². The second-order valence-electron chi connectivity index (χ2n) is 5.37. The third-order valence-corrected chi connectivity index (χ3v) is 3.91. The molecule has 0 unspecified atom stereocenters. The first-order valence-corrected chi connectivity index (χ1v) is 8.70. The number of hydrogen-bond acceptors (Lipinski definition) is 7. The summed E-state index contributed by atoms with van der Waals surface area (Å²) in [6.45, 7) is -0.833. The Morgan fingerprint density at radius 2 is 1.81 bits per heavy atom. The van der Waals surface area contributed by atoms with Gasteiger partial charge in [0.25, 0.3) is 5.91 Å². The quantitative estimate of drug-likeness (QED) is 0.593. The lowest BCUT2D eigenvalue weighted by Gasteiger charge is -2.15. The lowest BCUT2D eigenvalue weighted by atomic mass is 10.3. The lowest BCUT2D eigenvalue weighted by molar-refractivity contribution is -0.147. The number of rotatable bonds is 8. The van der Waals surface area contributed by atoms with E-state index in [1.54, 1.807) is 43.7 Å². The highest BCUT2D eigenvalue weighted by atomic mass is 79.9. The van der Waals surface area contributed by atoms with Gasteiger partial charge in [0, 0.05) is 23.9 Å². The van der Waals surface area contributed by atoms with Crippen LogP contribution in [0.25, 0.3) is 0 Å². The minimum Gasteiger partial charge on any atom is -0.454 e. The molecular weight excluding hydrogens is 418 g/mol. The van der Waals surface area contributed by atoms with E-state index in [2.05, 4.69) is 36.5 Å². The lowest BCUT2D eigenvalue weighted by Crippen LogP contribution is -2.37. The number of esters is 1. The van der Waals surface area contributed by atoms with Crippen LogP contribution in [0.2, 0.25) is 0 Å². The maximum atomic E-state index is 11.8. The van der Waals surface area contributed by atoms with Gasteiger partial charge in [0.2, 0.25) is 11.9 Å². The van der Waals surface area contributed by atoms with E-state index in [4.69, 9.17) is 4.74 Å². The molecule has 0 saturated heterocycles. The third-order valence-electron chi connectivity index (χ3n) is 3.22. The molecule has 0 aliphatic rings. The summed E-state index contributed by atoms with van der Waals surface area (Å²) >= 11 is 3.31. The van der Waals surface area contributed by atoms with Gasteiger partial charge in [0.15, 0.2) is 6.61 Å². The molecule has 2 amide bonds. The van der Waals surface area contributed by atoms with Gasteiger partial charge in [-0.25, -0.2) is 9.97 Å². The molecule has 1 heterocycles. The van der Waals surface area contributed by atoms with Crippen LogP contribution in [0.15, 0.2) is 47.2 Å². The number of ether oxygens (including phenoxy) is 1. The Balaban J connectivity index is 1.67. The molecule has 1 aromatic heterocycles. The number of anilines is 2. The van der Waals surface area contributed by atoms with Crippen LogP contribution in [0.3, 0.4) is 0 Å². The molecule has 0 saturated carbocycles. The van der Waals surface area contributed by atoms with Crippen LogP contribution in [0.4, 0.5) is 11.6 Å². The molecule has 0 atom stereocenters. The van der Waals surface area contributed by atoms with E-state index in [9.17, 15) is 14.4 Å². The Kier molecular flexibility index (Phi) is 7.68. The van der Waals surface area contributed by atoms with E-state index in [1.807, 2.05) is 6.07 Å². The van der Waals surface area contributed by atoms with Crippen LogP contribution in [0.1, 0.15) is 0 Å². The summed E-state index contributed by atoms with van der Waals surface area (Å²) in [5.74, 6) is -1.23. The average Bonchev–Trinajstić information content (AvgIpc) is 2.67. The van der Waals surface area contributed by atoms with Crippen molar-refractivity contribution in [1.29, 1.82) is 0 Å². The molecule has 10 heteroatoms. The van der Waals surface area contributed by atoms with Crippen molar-refractivity contribution in [1.82, 2.24) is 15.3 Å². The summed E-state index contributed by atoms with van der Waals surface area (Å²) in [6, 6.07) is 8.75. The fraction of sp³-hybridized carbons (Fsp3) is 0.235. The second-order valence-corrected chi connectivity index (χ2v) is 6.22. The molecule has 142 valence electrons. The third kappa shape index (κ3) is 7.02. The van der Waals surface area contributed by atoms with Crippen LogP contribution in [0.5, 0.6) is 0 Å². The van der Waals surface area contributed by atoms with Gasteiger partial charge in [0.1, 0.15) is 6.54 Å². The van der Waals surface area contributed by atoms with Gasteiger partial charge in [-0.05, 0) is 34.1 Å². The van der Waals surface area contributed by atoms with Gasteiger partial charge >= 0.3 is 5.97 Å². The van der Waals surface area contributed by atoms with E-state index in [0.29, 0.717) is 11.6 Å². The smallest absolute Gasteiger partial charge is 0.326 e. The standard InChI is InChI=1S/C17H18BrN5O4/c1-23(17-19-7-4-8-20-17)10-16(26)27-11-15(25)21-9-14(24)22-13-6-3-2-5-12(13)18/h2-8H,9-11H2,1H3,(H,21,25)(H,22,24). The van der Waals surface area contributed by atoms with Crippen molar-refractivity contribution in [3.63, 3.8) is 0 Å². The van der Waals surface area contributed by atoms with E-state index in [-0.39, 0.29) is 13.1 Å². The highest BCUT2D eigenvalue weighted by Crippen LogP contribution is 2.20. The number of benzene rings is 1. The molecule has 0 radical (unpaired) electrons. The number of amides is 2. The predicted octanol–water partition coefficient (Wildman–Crippen LogP) is 0.973. The van der Waals surface area contributed by atoms with Crippen molar-refractivity contribution in [3.05, 3.63) is 47.2 Å².